The predicted molar refractivity (Wildman–Crippen MR) is 103 cm³/mol. The summed E-state index contributed by atoms with van der Waals surface area (Å²) in [6.45, 7) is 3.21. The molecule has 0 fully saturated rings. The monoisotopic (exact) mass is 406 g/mol. The van der Waals surface area contributed by atoms with E-state index in [1.165, 1.54) is 21.1 Å². The molecule has 148 valence electrons. The SMILES string of the molecule is CC(C)NC(=O)CCn1c(=O)c2cc(Cl)ccc2n2c(=O)n(CC(N)=O)nc12. The molecule has 3 rings (SSSR count). The molecule has 0 saturated heterocycles. The number of hydrogen-bond donors (Lipinski definition) is 2. The maximum Gasteiger partial charge on any atom is 0.352 e. The number of aromatic nitrogens is 4. The molecular formula is C17H19ClN6O4. The predicted octanol–water partition coefficient (Wildman–Crippen LogP) is -0.136. The Bertz CT molecular complexity index is 1210. The van der Waals surface area contributed by atoms with Gasteiger partial charge in [-0.3, -0.25) is 19.0 Å². The maximum absolute atomic E-state index is 13.0. The van der Waals surface area contributed by atoms with Crippen LogP contribution in [-0.4, -0.2) is 36.6 Å². The minimum Gasteiger partial charge on any atom is -0.368 e. The van der Waals surface area contributed by atoms with E-state index in [1.54, 1.807) is 6.07 Å². The average molecular weight is 407 g/mol. The van der Waals surface area contributed by atoms with Crippen molar-refractivity contribution in [2.45, 2.75) is 39.4 Å². The third-order valence-electron chi connectivity index (χ3n) is 4.06. The van der Waals surface area contributed by atoms with Crippen LogP contribution in [0, 0.1) is 0 Å². The van der Waals surface area contributed by atoms with Crippen LogP contribution in [0.5, 0.6) is 0 Å². The van der Waals surface area contributed by atoms with Gasteiger partial charge in [-0.05, 0) is 32.0 Å². The van der Waals surface area contributed by atoms with Gasteiger partial charge < -0.3 is 11.1 Å². The highest BCUT2D eigenvalue weighted by Gasteiger charge is 2.19. The molecule has 2 aromatic heterocycles. The Morgan fingerprint density at radius 3 is 2.64 bits per heavy atom. The first-order chi connectivity index (χ1) is 13.2. The normalized spacial score (nSPS) is 11.4. The molecule has 28 heavy (non-hydrogen) atoms. The number of amides is 2. The summed E-state index contributed by atoms with van der Waals surface area (Å²) >= 11 is 6.01. The number of nitrogens with one attached hydrogen (secondary N) is 1. The third kappa shape index (κ3) is 3.63. The Balaban J connectivity index is 2.23. The van der Waals surface area contributed by atoms with Crippen molar-refractivity contribution in [1.82, 2.24) is 24.1 Å². The second-order valence-electron chi connectivity index (χ2n) is 6.63. The Morgan fingerprint density at radius 2 is 2.00 bits per heavy atom. The second-order valence-corrected chi connectivity index (χ2v) is 7.07. The van der Waals surface area contributed by atoms with Crippen LogP contribution in [0.15, 0.2) is 27.8 Å². The Hall–Kier alpha value is -3.14. The summed E-state index contributed by atoms with van der Waals surface area (Å²) in [7, 11) is 0. The smallest absolute Gasteiger partial charge is 0.352 e. The fraction of sp³-hybridized carbons (Fsp3) is 0.353. The van der Waals surface area contributed by atoms with Crippen LogP contribution in [0.2, 0.25) is 5.02 Å². The highest BCUT2D eigenvalue weighted by molar-refractivity contribution is 6.31. The van der Waals surface area contributed by atoms with Crippen molar-refractivity contribution in [3.63, 3.8) is 0 Å². The van der Waals surface area contributed by atoms with Crippen molar-refractivity contribution in [2.75, 3.05) is 0 Å². The van der Waals surface area contributed by atoms with Gasteiger partial charge in [0.25, 0.3) is 5.56 Å². The fourth-order valence-corrected chi connectivity index (χ4v) is 3.12. The Labute approximate surface area is 163 Å². The molecular weight excluding hydrogens is 388 g/mol. The minimum atomic E-state index is -0.747. The van der Waals surface area contributed by atoms with Gasteiger partial charge in [0, 0.05) is 24.0 Å². The zero-order chi connectivity index (χ0) is 20.6. The molecule has 0 aliphatic heterocycles. The van der Waals surface area contributed by atoms with Crippen LogP contribution in [0.4, 0.5) is 0 Å². The minimum absolute atomic E-state index is 0.00361. The van der Waals surface area contributed by atoms with Crippen LogP contribution < -0.4 is 22.3 Å². The Kier molecular flexibility index (Phi) is 5.23. The molecule has 11 heteroatoms. The molecule has 3 N–H and O–H groups in total. The van der Waals surface area contributed by atoms with Gasteiger partial charge in [0.15, 0.2) is 0 Å². The number of nitrogens with zero attached hydrogens (tertiary/aromatic N) is 4. The number of carbonyl (C=O) groups is 2. The molecule has 0 radical (unpaired) electrons. The van der Waals surface area contributed by atoms with Gasteiger partial charge >= 0.3 is 5.69 Å². The summed E-state index contributed by atoms with van der Waals surface area (Å²) in [6.07, 6.45) is 0.0106. The quantitative estimate of drug-likeness (QED) is 0.588. The summed E-state index contributed by atoms with van der Waals surface area (Å²) in [4.78, 5) is 49.0. The van der Waals surface area contributed by atoms with Gasteiger partial charge in [0.1, 0.15) is 6.54 Å². The van der Waals surface area contributed by atoms with Gasteiger partial charge in [0.2, 0.25) is 17.6 Å². The molecule has 0 aliphatic carbocycles. The number of fused-ring (bicyclic) bond motifs is 3. The summed E-state index contributed by atoms with van der Waals surface area (Å²) in [5.74, 6) is -0.975. The molecule has 0 aliphatic rings. The number of benzene rings is 1. The molecule has 1 aromatic carbocycles. The van der Waals surface area contributed by atoms with Crippen molar-refractivity contribution < 1.29 is 9.59 Å². The molecule has 0 unspecified atom stereocenters. The van der Waals surface area contributed by atoms with Crippen molar-refractivity contribution in [3.05, 3.63) is 44.1 Å². The molecule has 0 bridgehead atoms. The molecule has 0 spiro atoms. The molecule has 2 amide bonds. The third-order valence-corrected chi connectivity index (χ3v) is 4.29. The van der Waals surface area contributed by atoms with E-state index in [0.717, 1.165) is 4.68 Å². The number of hydrogen-bond acceptors (Lipinski definition) is 5. The van der Waals surface area contributed by atoms with Crippen LogP contribution in [0.25, 0.3) is 16.7 Å². The molecule has 0 atom stereocenters. The maximum atomic E-state index is 13.0. The lowest BCUT2D eigenvalue weighted by Gasteiger charge is -2.11. The van der Waals surface area contributed by atoms with E-state index in [-0.39, 0.29) is 36.1 Å². The largest absolute Gasteiger partial charge is 0.368 e. The van der Waals surface area contributed by atoms with Crippen molar-refractivity contribution >= 4 is 40.1 Å². The molecule has 3 aromatic rings. The van der Waals surface area contributed by atoms with Crippen LogP contribution in [0.1, 0.15) is 20.3 Å². The highest BCUT2D eigenvalue weighted by atomic mass is 35.5. The van der Waals surface area contributed by atoms with Gasteiger partial charge in [-0.15, -0.1) is 5.10 Å². The van der Waals surface area contributed by atoms with E-state index in [1.807, 2.05) is 13.8 Å². The lowest BCUT2D eigenvalue weighted by Crippen LogP contribution is -2.33. The highest BCUT2D eigenvalue weighted by Crippen LogP contribution is 2.17. The fourth-order valence-electron chi connectivity index (χ4n) is 2.95. The molecule has 0 saturated carbocycles. The topological polar surface area (TPSA) is 133 Å². The van der Waals surface area contributed by atoms with E-state index >= 15 is 0 Å². The first kappa shape index (κ1) is 19.6. The lowest BCUT2D eigenvalue weighted by molar-refractivity contribution is -0.122. The summed E-state index contributed by atoms with van der Waals surface area (Å²) in [5, 5.41) is 7.35. The van der Waals surface area contributed by atoms with Gasteiger partial charge in [0.05, 0.1) is 10.9 Å². The summed E-state index contributed by atoms with van der Waals surface area (Å²) in [5.41, 5.74) is 4.40. The average Bonchev–Trinajstić information content (AvgIpc) is 2.90. The number of carbonyl (C=O) groups excluding carboxylic acids is 2. The van der Waals surface area contributed by atoms with Gasteiger partial charge in [-0.1, -0.05) is 11.6 Å². The van der Waals surface area contributed by atoms with Crippen LogP contribution >= 0.6 is 11.6 Å². The molecule has 2 heterocycles. The lowest BCUT2D eigenvalue weighted by atomic mass is 10.2. The van der Waals surface area contributed by atoms with Gasteiger partial charge in [-0.2, -0.15) is 0 Å². The van der Waals surface area contributed by atoms with Crippen LogP contribution in [0.3, 0.4) is 0 Å². The summed E-state index contributed by atoms with van der Waals surface area (Å²) < 4.78 is 3.31. The number of nitrogens with two attached hydrogens (primary N) is 1. The number of primary amides is 1. The zero-order valence-electron chi connectivity index (χ0n) is 15.3. The van der Waals surface area contributed by atoms with Gasteiger partial charge in [-0.25, -0.2) is 13.9 Å². The second kappa shape index (κ2) is 7.47. The van der Waals surface area contributed by atoms with Crippen molar-refractivity contribution in [1.29, 1.82) is 0 Å². The Morgan fingerprint density at radius 1 is 1.29 bits per heavy atom. The first-order valence-electron chi connectivity index (χ1n) is 8.58. The van der Waals surface area contributed by atoms with Crippen LogP contribution in [-0.2, 0) is 22.7 Å². The van der Waals surface area contributed by atoms with Crippen molar-refractivity contribution in [2.24, 2.45) is 5.73 Å². The number of halogens is 1. The van der Waals surface area contributed by atoms with E-state index in [0.29, 0.717) is 10.5 Å². The first-order valence-corrected chi connectivity index (χ1v) is 8.96. The van der Waals surface area contributed by atoms with E-state index in [9.17, 15) is 19.2 Å². The number of aryl methyl sites for hydroxylation is 1. The summed E-state index contributed by atoms with van der Waals surface area (Å²) in [6, 6.07) is 4.47. The van der Waals surface area contributed by atoms with E-state index in [4.69, 9.17) is 17.3 Å². The molecule has 10 nitrogen and oxygen atoms in total. The van der Waals surface area contributed by atoms with E-state index in [2.05, 4.69) is 10.4 Å². The van der Waals surface area contributed by atoms with Crippen molar-refractivity contribution in [3.8, 4) is 0 Å². The number of rotatable bonds is 6. The standard InChI is InChI=1S/C17H19ClN6O4/c1-9(2)20-14(26)5-6-22-15(27)11-7-10(18)3-4-12(11)24-16(22)21-23(17(24)28)8-13(19)25/h3-4,7,9H,5-6,8H2,1-2H3,(H2,19,25)(H,20,26). The van der Waals surface area contributed by atoms with E-state index < -0.39 is 23.7 Å². The zero-order valence-corrected chi connectivity index (χ0v) is 16.1.